The summed E-state index contributed by atoms with van der Waals surface area (Å²) in [7, 11) is 0. The summed E-state index contributed by atoms with van der Waals surface area (Å²) in [6.07, 6.45) is 0.783. The zero-order valence-corrected chi connectivity index (χ0v) is 15.5. The molecule has 3 heteroatoms. The van der Waals surface area contributed by atoms with Crippen LogP contribution in [0.15, 0.2) is 60.1 Å². The molecule has 25 heavy (non-hydrogen) atoms. The second-order valence-electron chi connectivity index (χ2n) is 6.34. The number of aliphatic imine (C=N–C) groups is 1. The number of nitrogens with zero attached hydrogens (tertiary/aromatic N) is 1. The van der Waals surface area contributed by atoms with Gasteiger partial charge in [0.1, 0.15) is 5.84 Å². The standard InChI is InChI=1S/C22H26N2O/c1-6-15(2)22(25)24-21(20-16(3)11-10-12-17(20)4)23-18(5)19-13-8-7-9-14-19/h7-15H,5-6H2,1-4H3,(H,23,24,25). The molecular formula is C22H26N2O. The molecule has 0 aliphatic carbocycles. The Kier molecular flexibility index (Phi) is 6.29. The van der Waals surface area contributed by atoms with Crippen LogP contribution in [0.1, 0.15) is 42.5 Å². The SMILES string of the molecule is C=C(N=C(NC(=O)C(C)CC)c1c(C)cccc1C)c1ccccc1. The van der Waals surface area contributed by atoms with Crippen LogP contribution < -0.4 is 5.32 Å². The van der Waals surface area contributed by atoms with Gasteiger partial charge in [0.25, 0.3) is 0 Å². The zero-order valence-electron chi connectivity index (χ0n) is 15.5. The van der Waals surface area contributed by atoms with Crippen LogP contribution in [-0.2, 0) is 4.79 Å². The Morgan fingerprint density at radius 3 is 2.24 bits per heavy atom. The topological polar surface area (TPSA) is 41.5 Å². The van der Waals surface area contributed by atoms with Crippen LogP contribution in [0, 0.1) is 19.8 Å². The lowest BCUT2D eigenvalue weighted by molar-refractivity contribution is -0.123. The van der Waals surface area contributed by atoms with Crippen molar-refractivity contribution in [3.8, 4) is 0 Å². The molecule has 0 fully saturated rings. The van der Waals surface area contributed by atoms with Gasteiger partial charge in [0.05, 0.1) is 5.70 Å². The molecular weight excluding hydrogens is 308 g/mol. The lowest BCUT2D eigenvalue weighted by Gasteiger charge is -2.17. The van der Waals surface area contributed by atoms with Crippen LogP contribution >= 0.6 is 0 Å². The minimum atomic E-state index is -0.0699. The molecule has 1 N–H and O–H groups in total. The first-order valence-electron chi connectivity index (χ1n) is 8.64. The van der Waals surface area contributed by atoms with Gasteiger partial charge in [-0.25, -0.2) is 4.99 Å². The summed E-state index contributed by atoms with van der Waals surface area (Å²) in [6, 6.07) is 15.8. The number of carbonyl (C=O) groups is 1. The summed E-state index contributed by atoms with van der Waals surface area (Å²) < 4.78 is 0. The van der Waals surface area contributed by atoms with E-state index in [2.05, 4.69) is 16.9 Å². The Morgan fingerprint density at radius 1 is 1.08 bits per heavy atom. The van der Waals surface area contributed by atoms with E-state index in [-0.39, 0.29) is 11.8 Å². The van der Waals surface area contributed by atoms with Crippen molar-refractivity contribution in [2.75, 3.05) is 0 Å². The van der Waals surface area contributed by atoms with Crippen molar-refractivity contribution in [2.24, 2.45) is 10.9 Å². The highest BCUT2D eigenvalue weighted by molar-refractivity contribution is 6.11. The molecule has 0 spiro atoms. The fraction of sp³-hybridized carbons (Fsp3) is 0.273. The Balaban J connectivity index is 2.47. The molecule has 2 aromatic carbocycles. The first-order chi connectivity index (χ1) is 11.9. The summed E-state index contributed by atoms with van der Waals surface area (Å²) >= 11 is 0. The molecule has 1 amide bonds. The van der Waals surface area contributed by atoms with Gasteiger partial charge >= 0.3 is 0 Å². The first-order valence-corrected chi connectivity index (χ1v) is 8.64. The fourth-order valence-corrected chi connectivity index (χ4v) is 2.59. The molecule has 1 unspecified atom stereocenters. The highest BCUT2D eigenvalue weighted by Gasteiger charge is 2.17. The van der Waals surface area contributed by atoms with Gasteiger partial charge in [-0.1, -0.05) is 69.0 Å². The normalized spacial score (nSPS) is 12.6. The maximum atomic E-state index is 12.5. The lowest BCUT2D eigenvalue weighted by Crippen LogP contribution is -2.36. The van der Waals surface area contributed by atoms with Crippen molar-refractivity contribution >= 4 is 17.4 Å². The number of amidine groups is 1. The van der Waals surface area contributed by atoms with Crippen LogP contribution in [0.5, 0.6) is 0 Å². The van der Waals surface area contributed by atoms with Gasteiger partial charge in [-0.3, -0.25) is 4.79 Å². The minimum Gasteiger partial charge on any atom is -0.310 e. The van der Waals surface area contributed by atoms with Crippen LogP contribution in [0.4, 0.5) is 0 Å². The quantitative estimate of drug-likeness (QED) is 0.614. The summed E-state index contributed by atoms with van der Waals surface area (Å²) in [4.78, 5) is 17.2. The summed E-state index contributed by atoms with van der Waals surface area (Å²) in [6.45, 7) is 12.1. The maximum Gasteiger partial charge on any atom is 0.228 e. The van der Waals surface area contributed by atoms with Gasteiger partial charge < -0.3 is 5.32 Å². The Morgan fingerprint density at radius 2 is 1.68 bits per heavy atom. The molecule has 0 aliphatic rings. The zero-order chi connectivity index (χ0) is 18.4. The highest BCUT2D eigenvalue weighted by Crippen LogP contribution is 2.19. The largest absolute Gasteiger partial charge is 0.310 e. The monoisotopic (exact) mass is 334 g/mol. The Bertz CT molecular complexity index is 771. The van der Waals surface area contributed by atoms with Gasteiger partial charge in [-0.2, -0.15) is 0 Å². The van der Waals surface area contributed by atoms with Gasteiger partial charge in [-0.15, -0.1) is 0 Å². The number of rotatable bonds is 5. The summed E-state index contributed by atoms with van der Waals surface area (Å²) in [5, 5.41) is 3.02. The second kappa shape index (κ2) is 8.43. The van der Waals surface area contributed by atoms with Crippen molar-refractivity contribution < 1.29 is 4.79 Å². The van der Waals surface area contributed by atoms with Crippen molar-refractivity contribution in [2.45, 2.75) is 34.1 Å². The Hall–Kier alpha value is -2.68. The van der Waals surface area contributed by atoms with Gasteiger partial charge in [0, 0.05) is 11.5 Å². The molecule has 0 aliphatic heterocycles. The van der Waals surface area contributed by atoms with E-state index in [0.717, 1.165) is 28.7 Å². The first kappa shape index (κ1) is 18.7. The van der Waals surface area contributed by atoms with Crippen molar-refractivity contribution in [3.63, 3.8) is 0 Å². The van der Waals surface area contributed by atoms with Crippen LogP contribution in [0.3, 0.4) is 0 Å². The molecule has 1 atom stereocenters. The van der Waals surface area contributed by atoms with Crippen LogP contribution in [0.25, 0.3) is 5.70 Å². The third-order valence-electron chi connectivity index (χ3n) is 4.37. The molecule has 2 aromatic rings. The molecule has 2 rings (SSSR count). The van der Waals surface area contributed by atoms with E-state index in [4.69, 9.17) is 0 Å². The minimum absolute atomic E-state index is 0.0234. The number of benzene rings is 2. The van der Waals surface area contributed by atoms with Gasteiger partial charge in [0.15, 0.2) is 0 Å². The van der Waals surface area contributed by atoms with E-state index in [9.17, 15) is 4.79 Å². The van der Waals surface area contributed by atoms with Crippen LogP contribution in [0.2, 0.25) is 0 Å². The maximum absolute atomic E-state index is 12.5. The average Bonchev–Trinajstić information content (AvgIpc) is 2.61. The van der Waals surface area contributed by atoms with Gasteiger partial charge in [0.2, 0.25) is 5.91 Å². The molecule has 0 heterocycles. The smallest absolute Gasteiger partial charge is 0.228 e. The highest BCUT2D eigenvalue weighted by atomic mass is 16.1. The van der Waals surface area contributed by atoms with E-state index in [0.29, 0.717) is 11.5 Å². The molecule has 0 bridgehead atoms. The fourth-order valence-electron chi connectivity index (χ4n) is 2.59. The number of aryl methyl sites for hydroxylation is 2. The molecule has 0 saturated carbocycles. The van der Waals surface area contributed by atoms with E-state index >= 15 is 0 Å². The molecule has 130 valence electrons. The summed E-state index contributed by atoms with van der Waals surface area (Å²) in [5.74, 6) is 0.471. The predicted molar refractivity (Wildman–Crippen MR) is 106 cm³/mol. The molecule has 0 radical (unpaired) electrons. The molecule has 3 nitrogen and oxygen atoms in total. The molecule has 0 saturated heterocycles. The predicted octanol–water partition coefficient (Wildman–Crippen LogP) is 4.88. The number of hydrogen-bond acceptors (Lipinski definition) is 2. The van der Waals surface area contributed by atoms with Crippen molar-refractivity contribution in [3.05, 3.63) is 77.4 Å². The van der Waals surface area contributed by atoms with Gasteiger partial charge in [-0.05, 0) is 37.0 Å². The van der Waals surface area contributed by atoms with Crippen molar-refractivity contribution in [1.82, 2.24) is 5.32 Å². The number of hydrogen-bond donors (Lipinski definition) is 1. The molecule has 0 aromatic heterocycles. The third-order valence-corrected chi connectivity index (χ3v) is 4.37. The second-order valence-corrected chi connectivity index (χ2v) is 6.34. The van der Waals surface area contributed by atoms with E-state index in [1.54, 1.807) is 0 Å². The lowest BCUT2D eigenvalue weighted by atomic mass is 10.0. The van der Waals surface area contributed by atoms with E-state index < -0.39 is 0 Å². The van der Waals surface area contributed by atoms with E-state index in [1.165, 1.54) is 0 Å². The van der Waals surface area contributed by atoms with E-state index in [1.807, 2.05) is 76.2 Å². The van der Waals surface area contributed by atoms with Crippen molar-refractivity contribution in [1.29, 1.82) is 0 Å². The average molecular weight is 334 g/mol. The third kappa shape index (κ3) is 4.66. The summed E-state index contributed by atoms with van der Waals surface area (Å²) in [5.41, 5.74) is 4.66. The van der Waals surface area contributed by atoms with Crippen LogP contribution in [-0.4, -0.2) is 11.7 Å². The number of nitrogens with one attached hydrogen (secondary N) is 1. The number of carbonyl (C=O) groups excluding carboxylic acids is 1. The number of amides is 1. The Labute approximate surface area is 150 Å².